The molecule has 0 aliphatic carbocycles. The Balaban J connectivity index is 3.17. The van der Waals surface area contributed by atoms with Crippen LogP contribution in [0.4, 0.5) is 0 Å². The number of nitrogens with two attached hydrogens (primary N) is 1. The lowest BCUT2D eigenvalue weighted by molar-refractivity contribution is -0.145. The third-order valence-electron chi connectivity index (χ3n) is 5.42. The van der Waals surface area contributed by atoms with Gasteiger partial charge in [0, 0.05) is 6.42 Å². The lowest BCUT2D eigenvalue weighted by atomic mass is 9.99. The topological polar surface area (TPSA) is 191 Å². The molecule has 0 saturated heterocycles. The second-order valence-electron chi connectivity index (χ2n) is 9.46. The molecule has 1 rings (SSSR count). The van der Waals surface area contributed by atoms with Crippen LogP contribution in [0.1, 0.15) is 46.6 Å². The van der Waals surface area contributed by atoms with E-state index in [-0.39, 0.29) is 30.4 Å². The van der Waals surface area contributed by atoms with E-state index in [4.69, 9.17) is 5.73 Å². The fourth-order valence-electron chi connectivity index (χ4n) is 3.27. The molecule has 0 fully saturated rings. The summed E-state index contributed by atoms with van der Waals surface area (Å²) in [5.41, 5.74) is 6.49. The largest absolute Gasteiger partial charge is 0.508 e. The molecule has 3 amide bonds. The van der Waals surface area contributed by atoms with Gasteiger partial charge in [-0.25, -0.2) is 4.79 Å². The molecule has 5 unspecified atom stereocenters. The van der Waals surface area contributed by atoms with Crippen LogP contribution < -0.4 is 21.7 Å². The molecule has 0 radical (unpaired) electrons. The number of rotatable bonds is 13. The molecule has 196 valence electrons. The number of carboxylic acids is 1. The first-order chi connectivity index (χ1) is 16.2. The van der Waals surface area contributed by atoms with Gasteiger partial charge in [-0.15, -0.1) is 0 Å². The van der Waals surface area contributed by atoms with Crippen LogP contribution in [-0.2, 0) is 25.6 Å². The summed E-state index contributed by atoms with van der Waals surface area (Å²) in [6, 6.07) is 1.33. The van der Waals surface area contributed by atoms with Crippen molar-refractivity contribution in [1.82, 2.24) is 16.0 Å². The first-order valence-corrected chi connectivity index (χ1v) is 11.6. The minimum Gasteiger partial charge on any atom is -0.508 e. The maximum absolute atomic E-state index is 13.2. The van der Waals surface area contributed by atoms with Crippen LogP contribution in [0.2, 0.25) is 0 Å². The molecule has 1 aromatic rings. The molecule has 0 spiro atoms. The van der Waals surface area contributed by atoms with Crippen molar-refractivity contribution >= 4 is 23.7 Å². The average Bonchev–Trinajstić information content (AvgIpc) is 2.76. The average molecular weight is 495 g/mol. The van der Waals surface area contributed by atoms with Crippen LogP contribution in [-0.4, -0.2) is 69.3 Å². The third kappa shape index (κ3) is 9.91. The van der Waals surface area contributed by atoms with Gasteiger partial charge in [0.25, 0.3) is 0 Å². The number of amides is 3. The van der Waals surface area contributed by atoms with Gasteiger partial charge in [-0.3, -0.25) is 14.4 Å². The summed E-state index contributed by atoms with van der Waals surface area (Å²) < 4.78 is 0. The number of aliphatic hydroxyl groups excluding tert-OH is 1. The molecule has 8 N–H and O–H groups in total. The minimum absolute atomic E-state index is 0.0139. The summed E-state index contributed by atoms with van der Waals surface area (Å²) in [6.45, 7) is 8.52. The number of hydrogen-bond donors (Lipinski definition) is 7. The molecule has 5 atom stereocenters. The SMILES string of the molecule is CC(C)CC(NC(=O)C(N)C(C)C)C(=O)NC(Cc1ccc(O)cc1)C(=O)NC(C(=O)O)C(C)O. The Labute approximate surface area is 205 Å². The number of phenols is 1. The maximum Gasteiger partial charge on any atom is 0.328 e. The van der Waals surface area contributed by atoms with Crippen LogP contribution in [0.5, 0.6) is 5.75 Å². The molecule has 11 nitrogen and oxygen atoms in total. The van der Waals surface area contributed by atoms with Crippen LogP contribution in [0.25, 0.3) is 0 Å². The normalized spacial score (nSPS) is 15.6. The zero-order valence-corrected chi connectivity index (χ0v) is 20.8. The van der Waals surface area contributed by atoms with Crippen molar-refractivity contribution < 1.29 is 34.5 Å². The van der Waals surface area contributed by atoms with Gasteiger partial charge in [0.1, 0.15) is 17.8 Å². The number of carbonyl (C=O) groups is 4. The van der Waals surface area contributed by atoms with Gasteiger partial charge in [0.15, 0.2) is 6.04 Å². The standard InChI is InChI=1S/C24H38N4O7/c1-12(2)10-17(27-23(33)19(25)13(3)4)21(31)26-18(11-15-6-8-16(30)9-7-15)22(32)28-20(14(5)29)24(34)35/h6-9,12-14,17-20,29-30H,10-11,25H2,1-5H3,(H,26,31)(H,27,33)(H,28,32)(H,34,35). The van der Waals surface area contributed by atoms with E-state index in [1.165, 1.54) is 19.1 Å². The summed E-state index contributed by atoms with van der Waals surface area (Å²) in [5.74, 6) is -3.51. The molecule has 0 bridgehead atoms. The molecular weight excluding hydrogens is 456 g/mol. The number of aliphatic hydroxyl groups is 1. The van der Waals surface area contributed by atoms with E-state index in [2.05, 4.69) is 16.0 Å². The number of carbonyl (C=O) groups excluding carboxylic acids is 3. The minimum atomic E-state index is -1.59. The van der Waals surface area contributed by atoms with Crippen molar-refractivity contribution in [1.29, 1.82) is 0 Å². The smallest absolute Gasteiger partial charge is 0.328 e. The van der Waals surface area contributed by atoms with Gasteiger partial charge >= 0.3 is 5.97 Å². The van der Waals surface area contributed by atoms with E-state index in [0.29, 0.717) is 5.56 Å². The Hall–Kier alpha value is -3.18. The zero-order chi connectivity index (χ0) is 26.9. The number of phenolic OH excluding ortho intramolecular Hbond substituents is 1. The number of hydrogen-bond acceptors (Lipinski definition) is 7. The Bertz CT molecular complexity index is 871. The van der Waals surface area contributed by atoms with Gasteiger partial charge < -0.3 is 37.0 Å². The number of nitrogens with one attached hydrogen (secondary N) is 3. The van der Waals surface area contributed by atoms with Gasteiger partial charge in [-0.05, 0) is 42.9 Å². The molecular formula is C24H38N4O7. The maximum atomic E-state index is 13.2. The van der Waals surface area contributed by atoms with Crippen molar-refractivity contribution in [3.8, 4) is 5.75 Å². The van der Waals surface area contributed by atoms with E-state index >= 15 is 0 Å². The summed E-state index contributed by atoms with van der Waals surface area (Å²) >= 11 is 0. The number of carboxylic acid groups (broad SMARTS) is 1. The van der Waals surface area contributed by atoms with E-state index in [1.54, 1.807) is 26.0 Å². The fraction of sp³-hybridized carbons (Fsp3) is 0.583. The summed E-state index contributed by atoms with van der Waals surface area (Å²) in [4.78, 5) is 50.1. The highest BCUT2D eigenvalue weighted by atomic mass is 16.4. The Kier molecular flexibility index (Phi) is 11.6. The van der Waals surface area contributed by atoms with Crippen molar-refractivity contribution in [3.63, 3.8) is 0 Å². The summed E-state index contributed by atoms with van der Waals surface area (Å²) in [6.07, 6.45) is -1.13. The van der Waals surface area contributed by atoms with Crippen molar-refractivity contribution in [2.24, 2.45) is 17.6 Å². The van der Waals surface area contributed by atoms with Gasteiger partial charge in [0.05, 0.1) is 12.1 Å². The molecule has 0 aromatic heterocycles. The highest BCUT2D eigenvalue weighted by Crippen LogP contribution is 2.13. The molecule has 1 aromatic carbocycles. The molecule has 0 saturated carbocycles. The Morgan fingerprint density at radius 1 is 0.857 bits per heavy atom. The van der Waals surface area contributed by atoms with E-state index in [1.807, 2.05) is 13.8 Å². The van der Waals surface area contributed by atoms with E-state index in [9.17, 15) is 34.5 Å². The van der Waals surface area contributed by atoms with Gasteiger partial charge in [0.2, 0.25) is 17.7 Å². The monoisotopic (exact) mass is 494 g/mol. The number of aliphatic carboxylic acids is 1. The Morgan fingerprint density at radius 3 is 1.83 bits per heavy atom. The van der Waals surface area contributed by atoms with Crippen LogP contribution in [0, 0.1) is 11.8 Å². The molecule has 11 heteroatoms. The number of benzene rings is 1. The quantitative estimate of drug-likeness (QED) is 0.197. The van der Waals surface area contributed by atoms with E-state index < -0.39 is 54.0 Å². The first kappa shape index (κ1) is 29.9. The second-order valence-corrected chi connectivity index (χ2v) is 9.46. The van der Waals surface area contributed by atoms with Crippen LogP contribution >= 0.6 is 0 Å². The second kappa shape index (κ2) is 13.6. The lowest BCUT2D eigenvalue weighted by Gasteiger charge is -2.27. The van der Waals surface area contributed by atoms with Gasteiger partial charge in [-0.2, -0.15) is 0 Å². The van der Waals surface area contributed by atoms with Crippen molar-refractivity contribution in [2.75, 3.05) is 0 Å². The highest BCUT2D eigenvalue weighted by molar-refractivity contribution is 5.94. The molecule has 35 heavy (non-hydrogen) atoms. The molecule has 0 aliphatic rings. The Morgan fingerprint density at radius 2 is 1.37 bits per heavy atom. The predicted octanol–water partition coefficient (Wildman–Crippen LogP) is -0.116. The van der Waals surface area contributed by atoms with Crippen LogP contribution in [0.3, 0.4) is 0 Å². The lowest BCUT2D eigenvalue weighted by Crippen LogP contribution is -2.59. The van der Waals surface area contributed by atoms with E-state index in [0.717, 1.165) is 0 Å². The highest BCUT2D eigenvalue weighted by Gasteiger charge is 2.32. The number of aromatic hydroxyl groups is 1. The first-order valence-electron chi connectivity index (χ1n) is 11.6. The predicted molar refractivity (Wildman–Crippen MR) is 129 cm³/mol. The zero-order valence-electron chi connectivity index (χ0n) is 20.8. The van der Waals surface area contributed by atoms with Gasteiger partial charge in [-0.1, -0.05) is 39.8 Å². The van der Waals surface area contributed by atoms with Crippen molar-refractivity contribution in [3.05, 3.63) is 29.8 Å². The fourth-order valence-corrected chi connectivity index (χ4v) is 3.27. The van der Waals surface area contributed by atoms with Crippen molar-refractivity contribution in [2.45, 2.75) is 77.7 Å². The molecule has 0 aliphatic heterocycles. The summed E-state index contributed by atoms with van der Waals surface area (Å²) in [7, 11) is 0. The molecule has 0 heterocycles. The summed E-state index contributed by atoms with van der Waals surface area (Å²) in [5, 5.41) is 36.0. The van der Waals surface area contributed by atoms with Crippen LogP contribution in [0.15, 0.2) is 24.3 Å². The third-order valence-corrected chi connectivity index (χ3v) is 5.42.